The second-order valence-electron chi connectivity index (χ2n) is 5.32. The van der Waals surface area contributed by atoms with E-state index in [1.165, 1.54) is 9.47 Å². The predicted octanol–water partition coefficient (Wildman–Crippen LogP) is 1.15. The molecule has 1 amide bonds. The zero-order valence-electron chi connectivity index (χ0n) is 12.1. The molecule has 0 aliphatic carbocycles. The van der Waals surface area contributed by atoms with Crippen LogP contribution in [0.2, 0.25) is 0 Å². The van der Waals surface area contributed by atoms with Crippen molar-refractivity contribution in [3.8, 4) is 0 Å². The summed E-state index contributed by atoms with van der Waals surface area (Å²) < 4.78 is 1.53. The average Bonchev–Trinajstić information content (AvgIpc) is 2.40. The average molecular weight is 274 g/mol. The van der Waals surface area contributed by atoms with Crippen molar-refractivity contribution in [3.05, 3.63) is 34.4 Å². The normalized spacial score (nSPS) is 11.1. The second kappa shape index (κ2) is 5.40. The van der Waals surface area contributed by atoms with Crippen LogP contribution >= 0.6 is 0 Å². The summed E-state index contributed by atoms with van der Waals surface area (Å²) in [6, 6.07) is 3.49. The van der Waals surface area contributed by atoms with Crippen LogP contribution in [0.3, 0.4) is 0 Å². The van der Waals surface area contributed by atoms with Gasteiger partial charge in [-0.05, 0) is 18.1 Å². The minimum Gasteiger partial charge on any atom is -0.343 e. The highest BCUT2D eigenvalue weighted by Crippen LogP contribution is 2.09. The van der Waals surface area contributed by atoms with E-state index in [4.69, 9.17) is 0 Å². The van der Waals surface area contributed by atoms with E-state index in [9.17, 15) is 9.59 Å². The summed E-state index contributed by atoms with van der Waals surface area (Å²) in [4.78, 5) is 34.3. The number of pyridine rings is 1. The minimum atomic E-state index is -0.391. The van der Waals surface area contributed by atoms with Gasteiger partial charge in [0.1, 0.15) is 5.52 Å². The van der Waals surface area contributed by atoms with E-state index in [1.807, 2.05) is 13.8 Å². The SMILES string of the molecule is CC(C)Cn1c(=O)c(C(=O)N(C)C)nc2cccnc21. The molecule has 2 aromatic heterocycles. The first-order valence-electron chi connectivity index (χ1n) is 6.49. The van der Waals surface area contributed by atoms with Gasteiger partial charge in [-0.25, -0.2) is 9.97 Å². The Morgan fingerprint density at radius 2 is 2.10 bits per heavy atom. The summed E-state index contributed by atoms with van der Waals surface area (Å²) in [5.74, 6) is -0.124. The third kappa shape index (κ3) is 2.54. The predicted molar refractivity (Wildman–Crippen MR) is 76.7 cm³/mol. The van der Waals surface area contributed by atoms with Gasteiger partial charge in [-0.1, -0.05) is 13.8 Å². The molecule has 0 atom stereocenters. The van der Waals surface area contributed by atoms with Crippen LogP contribution in [0, 0.1) is 5.92 Å². The van der Waals surface area contributed by atoms with Crippen molar-refractivity contribution in [2.45, 2.75) is 20.4 Å². The van der Waals surface area contributed by atoms with Crippen molar-refractivity contribution >= 4 is 17.1 Å². The fourth-order valence-corrected chi connectivity index (χ4v) is 1.96. The summed E-state index contributed by atoms with van der Waals surface area (Å²) in [6.07, 6.45) is 1.62. The van der Waals surface area contributed by atoms with Crippen molar-refractivity contribution in [1.29, 1.82) is 0 Å². The number of hydrogen-bond acceptors (Lipinski definition) is 4. The molecule has 0 aliphatic rings. The Morgan fingerprint density at radius 3 is 2.70 bits per heavy atom. The Morgan fingerprint density at radius 1 is 1.40 bits per heavy atom. The molecule has 106 valence electrons. The molecule has 0 radical (unpaired) electrons. The van der Waals surface area contributed by atoms with Crippen molar-refractivity contribution < 1.29 is 4.79 Å². The van der Waals surface area contributed by atoms with Gasteiger partial charge >= 0.3 is 0 Å². The molecule has 0 fully saturated rings. The summed E-state index contributed by atoms with van der Waals surface area (Å²) in [5.41, 5.74) is 0.624. The van der Waals surface area contributed by atoms with Crippen LogP contribution in [-0.4, -0.2) is 39.4 Å². The highest BCUT2D eigenvalue weighted by molar-refractivity contribution is 5.93. The minimum absolute atomic E-state index is 0.0591. The number of rotatable bonds is 3. The monoisotopic (exact) mass is 274 g/mol. The molecule has 6 nitrogen and oxygen atoms in total. The maximum absolute atomic E-state index is 12.5. The van der Waals surface area contributed by atoms with E-state index in [0.717, 1.165) is 0 Å². The third-order valence-electron chi connectivity index (χ3n) is 2.86. The van der Waals surface area contributed by atoms with E-state index in [0.29, 0.717) is 17.7 Å². The highest BCUT2D eigenvalue weighted by Gasteiger charge is 2.19. The van der Waals surface area contributed by atoms with Crippen LogP contribution < -0.4 is 5.56 Å². The van der Waals surface area contributed by atoms with E-state index in [2.05, 4.69) is 9.97 Å². The van der Waals surface area contributed by atoms with Crippen LogP contribution in [0.5, 0.6) is 0 Å². The number of carbonyl (C=O) groups is 1. The summed E-state index contributed by atoms with van der Waals surface area (Å²) >= 11 is 0. The maximum atomic E-state index is 12.5. The Bertz CT molecular complexity index is 704. The molecule has 20 heavy (non-hydrogen) atoms. The number of fused-ring (bicyclic) bond motifs is 1. The lowest BCUT2D eigenvalue weighted by Crippen LogP contribution is -2.35. The number of carbonyl (C=O) groups excluding carboxylic acids is 1. The van der Waals surface area contributed by atoms with Gasteiger partial charge in [-0.15, -0.1) is 0 Å². The van der Waals surface area contributed by atoms with E-state index < -0.39 is 5.91 Å². The van der Waals surface area contributed by atoms with Gasteiger partial charge < -0.3 is 4.90 Å². The molecule has 0 saturated heterocycles. The number of nitrogens with zero attached hydrogens (tertiary/aromatic N) is 4. The van der Waals surface area contributed by atoms with Gasteiger partial charge in [0.25, 0.3) is 11.5 Å². The van der Waals surface area contributed by atoms with Crippen molar-refractivity contribution in [3.63, 3.8) is 0 Å². The topological polar surface area (TPSA) is 68.1 Å². The molecule has 2 rings (SSSR count). The van der Waals surface area contributed by atoms with Gasteiger partial charge in [0.2, 0.25) is 0 Å². The van der Waals surface area contributed by atoms with Crippen molar-refractivity contribution in [2.75, 3.05) is 14.1 Å². The first kappa shape index (κ1) is 14.2. The summed E-state index contributed by atoms with van der Waals surface area (Å²) in [6.45, 7) is 4.52. The quantitative estimate of drug-likeness (QED) is 0.842. The van der Waals surface area contributed by atoms with E-state index in [1.54, 1.807) is 32.4 Å². The van der Waals surface area contributed by atoms with Gasteiger partial charge in [-0.2, -0.15) is 0 Å². The first-order chi connectivity index (χ1) is 9.41. The highest BCUT2D eigenvalue weighted by atomic mass is 16.2. The standard InChI is InChI=1S/C14H18N4O2/c1-9(2)8-18-12-10(6-5-7-15-12)16-11(14(18)20)13(19)17(3)4/h5-7,9H,8H2,1-4H3. The lowest BCUT2D eigenvalue weighted by Gasteiger charge is -2.14. The zero-order valence-corrected chi connectivity index (χ0v) is 12.1. The lowest BCUT2D eigenvalue weighted by atomic mass is 10.2. The second-order valence-corrected chi connectivity index (χ2v) is 5.32. The summed E-state index contributed by atoms with van der Waals surface area (Å²) in [7, 11) is 3.20. The lowest BCUT2D eigenvalue weighted by molar-refractivity contribution is 0.0819. The Balaban J connectivity index is 2.76. The Hall–Kier alpha value is -2.24. The Labute approximate surface area is 117 Å². The molecule has 0 N–H and O–H groups in total. The van der Waals surface area contributed by atoms with Gasteiger partial charge in [0.05, 0.1) is 0 Å². The van der Waals surface area contributed by atoms with Crippen molar-refractivity contribution in [1.82, 2.24) is 19.4 Å². The van der Waals surface area contributed by atoms with Gasteiger partial charge in [0.15, 0.2) is 11.3 Å². The molecule has 6 heteroatoms. The largest absolute Gasteiger partial charge is 0.343 e. The molecule has 0 aromatic carbocycles. The smallest absolute Gasteiger partial charge is 0.283 e. The Kier molecular flexibility index (Phi) is 3.83. The molecular weight excluding hydrogens is 256 g/mol. The first-order valence-corrected chi connectivity index (χ1v) is 6.49. The van der Waals surface area contributed by atoms with Crippen LogP contribution in [-0.2, 0) is 6.54 Å². The fourth-order valence-electron chi connectivity index (χ4n) is 1.96. The van der Waals surface area contributed by atoms with E-state index in [-0.39, 0.29) is 17.2 Å². The molecule has 0 saturated carbocycles. The third-order valence-corrected chi connectivity index (χ3v) is 2.86. The number of amides is 1. The van der Waals surface area contributed by atoms with Crippen molar-refractivity contribution in [2.24, 2.45) is 5.92 Å². The molecule has 0 aliphatic heterocycles. The molecular formula is C14H18N4O2. The molecule has 0 bridgehead atoms. The number of aromatic nitrogens is 3. The molecule has 2 aromatic rings. The molecule has 0 spiro atoms. The molecule has 2 heterocycles. The van der Waals surface area contributed by atoms with Crippen LogP contribution in [0.1, 0.15) is 24.3 Å². The summed E-state index contributed by atoms with van der Waals surface area (Å²) in [5, 5.41) is 0. The van der Waals surface area contributed by atoms with Gasteiger partial charge in [0, 0.05) is 26.8 Å². The fraction of sp³-hybridized carbons (Fsp3) is 0.429. The van der Waals surface area contributed by atoms with E-state index >= 15 is 0 Å². The van der Waals surface area contributed by atoms with Crippen LogP contribution in [0.15, 0.2) is 23.1 Å². The molecule has 0 unspecified atom stereocenters. The van der Waals surface area contributed by atoms with Crippen LogP contribution in [0.25, 0.3) is 11.2 Å². The van der Waals surface area contributed by atoms with Crippen LogP contribution in [0.4, 0.5) is 0 Å². The van der Waals surface area contributed by atoms with Gasteiger partial charge in [-0.3, -0.25) is 14.2 Å². The zero-order chi connectivity index (χ0) is 14.9. The maximum Gasteiger partial charge on any atom is 0.283 e. The number of hydrogen-bond donors (Lipinski definition) is 0.